The average Bonchev–Trinajstić information content (AvgIpc) is 2.44. The maximum absolute atomic E-state index is 12.1. The van der Waals surface area contributed by atoms with E-state index in [-0.39, 0.29) is 5.78 Å². The maximum atomic E-state index is 12.1. The van der Waals surface area contributed by atoms with Crippen LogP contribution in [0.3, 0.4) is 0 Å². The molecule has 0 aliphatic carbocycles. The van der Waals surface area contributed by atoms with Gasteiger partial charge in [-0.1, -0.05) is 6.92 Å². The van der Waals surface area contributed by atoms with E-state index in [9.17, 15) is 4.79 Å². The number of aromatic nitrogens is 1. The van der Waals surface area contributed by atoms with Gasteiger partial charge in [0.25, 0.3) is 0 Å². The lowest BCUT2D eigenvalue weighted by Gasteiger charge is -2.11. The molecule has 0 bridgehead atoms. The molecule has 1 aromatic heterocycles. The summed E-state index contributed by atoms with van der Waals surface area (Å²) in [5.41, 5.74) is 6.37. The van der Waals surface area contributed by atoms with Crippen LogP contribution in [-0.2, 0) is 4.74 Å². The summed E-state index contributed by atoms with van der Waals surface area (Å²) in [7, 11) is 1.63. The molecule has 5 nitrogen and oxygen atoms in total. The molecule has 0 saturated carbocycles. The van der Waals surface area contributed by atoms with Crippen LogP contribution in [0.5, 0.6) is 5.75 Å². The third-order valence-corrected chi connectivity index (χ3v) is 2.67. The van der Waals surface area contributed by atoms with E-state index in [2.05, 4.69) is 4.98 Å². The van der Waals surface area contributed by atoms with E-state index in [0.29, 0.717) is 30.9 Å². The Morgan fingerprint density at radius 2 is 2.21 bits per heavy atom. The highest BCUT2D eigenvalue weighted by Crippen LogP contribution is 2.14. The summed E-state index contributed by atoms with van der Waals surface area (Å²) < 4.78 is 10.4. The molecule has 5 heteroatoms. The van der Waals surface area contributed by atoms with Crippen molar-refractivity contribution in [3.63, 3.8) is 0 Å². The van der Waals surface area contributed by atoms with Crippen LogP contribution >= 0.6 is 0 Å². The fourth-order valence-corrected chi connectivity index (χ4v) is 1.65. The Morgan fingerprint density at radius 1 is 1.42 bits per heavy atom. The molecule has 0 amide bonds. The first-order valence-corrected chi connectivity index (χ1v) is 6.55. The van der Waals surface area contributed by atoms with E-state index in [4.69, 9.17) is 15.2 Å². The number of hydrogen-bond donors (Lipinski definition) is 1. The fraction of sp³-hybridized carbons (Fsp3) is 0.571. The molecule has 0 saturated heterocycles. The topological polar surface area (TPSA) is 74.4 Å². The molecule has 0 aliphatic rings. The molecule has 1 unspecified atom stereocenters. The molecule has 1 atom stereocenters. The Labute approximate surface area is 114 Å². The predicted molar refractivity (Wildman–Crippen MR) is 73.4 cm³/mol. The minimum atomic E-state index is -0.515. The van der Waals surface area contributed by atoms with E-state index in [0.717, 1.165) is 12.8 Å². The number of Topliss-reactive ketones (excluding diaryl/α,β-unsaturated/α-hetero) is 1. The standard InChI is InChI=1S/C14H22N2O3/c1-3-6-19-12-8-11(9-16-10-12)14(17)13(15)5-4-7-18-2/h8-10,13H,3-7,15H2,1-2H3. The highest BCUT2D eigenvalue weighted by atomic mass is 16.5. The van der Waals surface area contributed by atoms with Crippen molar-refractivity contribution in [3.8, 4) is 5.75 Å². The van der Waals surface area contributed by atoms with Gasteiger partial charge in [-0.3, -0.25) is 9.78 Å². The highest BCUT2D eigenvalue weighted by molar-refractivity contribution is 5.99. The molecule has 0 aliphatic heterocycles. The van der Waals surface area contributed by atoms with Gasteiger partial charge in [-0.25, -0.2) is 0 Å². The zero-order chi connectivity index (χ0) is 14.1. The second-order valence-corrected chi connectivity index (χ2v) is 4.36. The number of nitrogens with zero attached hydrogens (tertiary/aromatic N) is 1. The van der Waals surface area contributed by atoms with Crippen molar-refractivity contribution >= 4 is 5.78 Å². The molecule has 106 valence electrons. The summed E-state index contributed by atoms with van der Waals surface area (Å²) in [4.78, 5) is 16.1. The zero-order valence-corrected chi connectivity index (χ0v) is 11.6. The van der Waals surface area contributed by atoms with E-state index in [1.54, 1.807) is 19.4 Å². The molecule has 19 heavy (non-hydrogen) atoms. The van der Waals surface area contributed by atoms with Crippen LogP contribution in [0.1, 0.15) is 36.5 Å². The number of carbonyl (C=O) groups is 1. The van der Waals surface area contributed by atoms with E-state index in [1.807, 2.05) is 6.92 Å². The first-order valence-electron chi connectivity index (χ1n) is 6.55. The van der Waals surface area contributed by atoms with Gasteiger partial charge in [0.2, 0.25) is 0 Å². The molecule has 0 aromatic carbocycles. The lowest BCUT2D eigenvalue weighted by molar-refractivity contribution is 0.0949. The molecule has 0 spiro atoms. The van der Waals surface area contributed by atoms with E-state index >= 15 is 0 Å². The van der Waals surface area contributed by atoms with Crippen molar-refractivity contribution in [2.45, 2.75) is 32.2 Å². The second-order valence-electron chi connectivity index (χ2n) is 4.36. The number of nitrogens with two attached hydrogens (primary N) is 1. The molecule has 1 rings (SSSR count). The number of carbonyl (C=O) groups excluding carboxylic acids is 1. The molecular weight excluding hydrogens is 244 g/mol. The van der Waals surface area contributed by atoms with Crippen LogP contribution in [0, 0.1) is 0 Å². The summed E-state index contributed by atoms with van der Waals surface area (Å²) in [6.07, 6.45) is 5.41. The van der Waals surface area contributed by atoms with Gasteiger partial charge in [0.15, 0.2) is 5.78 Å². The third kappa shape index (κ3) is 5.36. The van der Waals surface area contributed by atoms with Crippen LogP contribution in [0.25, 0.3) is 0 Å². The highest BCUT2D eigenvalue weighted by Gasteiger charge is 2.16. The van der Waals surface area contributed by atoms with Crippen molar-refractivity contribution in [2.75, 3.05) is 20.3 Å². The van der Waals surface area contributed by atoms with Gasteiger partial charge in [0, 0.05) is 25.5 Å². The van der Waals surface area contributed by atoms with Crippen molar-refractivity contribution in [1.82, 2.24) is 4.98 Å². The normalized spacial score (nSPS) is 12.2. The number of methoxy groups -OCH3 is 1. The van der Waals surface area contributed by atoms with Gasteiger partial charge in [-0.15, -0.1) is 0 Å². The van der Waals surface area contributed by atoms with Crippen LogP contribution in [0.15, 0.2) is 18.5 Å². The van der Waals surface area contributed by atoms with Crippen molar-refractivity contribution < 1.29 is 14.3 Å². The van der Waals surface area contributed by atoms with E-state index in [1.165, 1.54) is 6.20 Å². The number of hydrogen-bond acceptors (Lipinski definition) is 5. The Bertz CT molecular complexity index is 396. The van der Waals surface area contributed by atoms with Gasteiger partial charge >= 0.3 is 0 Å². The average molecular weight is 266 g/mol. The first-order chi connectivity index (χ1) is 9.19. The Kier molecular flexibility index (Phi) is 7.07. The van der Waals surface area contributed by atoms with Crippen LogP contribution < -0.4 is 10.5 Å². The van der Waals surface area contributed by atoms with Gasteiger partial charge in [-0.2, -0.15) is 0 Å². The lowest BCUT2D eigenvalue weighted by Crippen LogP contribution is -2.30. The minimum Gasteiger partial charge on any atom is -0.492 e. The quantitative estimate of drug-likeness (QED) is 0.545. The van der Waals surface area contributed by atoms with Crippen molar-refractivity contribution in [3.05, 3.63) is 24.0 Å². The number of pyridine rings is 1. The van der Waals surface area contributed by atoms with Crippen LogP contribution in [0.4, 0.5) is 0 Å². The van der Waals surface area contributed by atoms with Gasteiger partial charge in [-0.05, 0) is 25.3 Å². The van der Waals surface area contributed by atoms with Crippen LogP contribution in [0.2, 0.25) is 0 Å². The summed E-state index contributed by atoms with van der Waals surface area (Å²) in [5.74, 6) is 0.502. The molecule has 1 aromatic rings. The smallest absolute Gasteiger partial charge is 0.181 e. The predicted octanol–water partition coefficient (Wildman–Crippen LogP) is 1.81. The monoisotopic (exact) mass is 266 g/mol. The zero-order valence-electron chi connectivity index (χ0n) is 11.6. The molecule has 0 radical (unpaired) electrons. The number of ketones is 1. The number of ether oxygens (including phenoxy) is 2. The third-order valence-electron chi connectivity index (χ3n) is 2.67. The Morgan fingerprint density at radius 3 is 2.89 bits per heavy atom. The first kappa shape index (κ1) is 15.6. The Balaban J connectivity index is 2.60. The SMILES string of the molecule is CCCOc1cncc(C(=O)C(N)CCCOC)c1. The molecule has 2 N–H and O–H groups in total. The molecule has 1 heterocycles. The van der Waals surface area contributed by atoms with Gasteiger partial charge in [0.05, 0.1) is 18.8 Å². The Hall–Kier alpha value is -1.46. The summed E-state index contributed by atoms with van der Waals surface area (Å²) in [6.45, 7) is 3.24. The van der Waals surface area contributed by atoms with Crippen LogP contribution in [-0.4, -0.2) is 37.1 Å². The fourth-order valence-electron chi connectivity index (χ4n) is 1.65. The minimum absolute atomic E-state index is 0.106. The van der Waals surface area contributed by atoms with Crippen molar-refractivity contribution in [2.24, 2.45) is 5.73 Å². The summed E-state index contributed by atoms with van der Waals surface area (Å²) in [5, 5.41) is 0. The van der Waals surface area contributed by atoms with Crippen molar-refractivity contribution in [1.29, 1.82) is 0 Å². The maximum Gasteiger partial charge on any atom is 0.181 e. The molecule has 0 fully saturated rings. The summed E-state index contributed by atoms with van der Waals surface area (Å²) in [6, 6.07) is 1.18. The number of rotatable bonds is 9. The summed E-state index contributed by atoms with van der Waals surface area (Å²) >= 11 is 0. The van der Waals surface area contributed by atoms with Gasteiger partial charge < -0.3 is 15.2 Å². The molecular formula is C14H22N2O3. The lowest BCUT2D eigenvalue weighted by atomic mass is 10.0. The van der Waals surface area contributed by atoms with E-state index < -0.39 is 6.04 Å². The second kappa shape index (κ2) is 8.61. The largest absolute Gasteiger partial charge is 0.492 e. The van der Waals surface area contributed by atoms with Gasteiger partial charge in [0.1, 0.15) is 5.75 Å².